The summed E-state index contributed by atoms with van der Waals surface area (Å²) in [4.78, 5) is 11.1. The number of methoxy groups -OCH3 is 1. The van der Waals surface area contributed by atoms with Crippen LogP contribution in [-0.4, -0.2) is 22.1 Å². The molecule has 2 aromatic rings. The van der Waals surface area contributed by atoms with E-state index in [0.717, 1.165) is 15.6 Å². The van der Waals surface area contributed by atoms with Crippen molar-refractivity contribution in [3.8, 4) is 5.88 Å². The molecule has 2 rings (SSSR count). The third-order valence-corrected chi connectivity index (χ3v) is 1.97. The Morgan fingerprint density at radius 1 is 1.50 bits per heavy atom. The van der Waals surface area contributed by atoms with Gasteiger partial charge in [-0.05, 0) is 22.0 Å². The molecule has 0 aliphatic rings. The number of hydrogen-bond acceptors (Lipinski definition) is 3. The van der Waals surface area contributed by atoms with E-state index in [2.05, 4.69) is 30.9 Å². The zero-order chi connectivity index (χ0) is 8.55. The van der Waals surface area contributed by atoms with Crippen LogP contribution in [0.15, 0.2) is 17.0 Å². The van der Waals surface area contributed by atoms with Crippen LogP contribution < -0.4 is 4.74 Å². The Morgan fingerprint density at radius 3 is 3.08 bits per heavy atom. The molecular weight excluding hydrogens is 222 g/mol. The summed E-state index contributed by atoms with van der Waals surface area (Å²) in [6, 6.07) is 1.87. The van der Waals surface area contributed by atoms with Gasteiger partial charge in [-0.1, -0.05) is 0 Å². The van der Waals surface area contributed by atoms with Crippen LogP contribution in [0, 0.1) is 0 Å². The molecule has 2 heterocycles. The Labute approximate surface area is 77.1 Å². The molecule has 2 aromatic heterocycles. The number of aromatic nitrogens is 3. The number of rotatable bonds is 1. The van der Waals surface area contributed by atoms with E-state index in [4.69, 9.17) is 4.74 Å². The Balaban J connectivity index is 2.78. The van der Waals surface area contributed by atoms with Crippen molar-refractivity contribution >= 4 is 27.0 Å². The lowest BCUT2D eigenvalue weighted by atomic mass is 10.4. The maximum Gasteiger partial charge on any atom is 0.241 e. The lowest BCUT2D eigenvalue weighted by molar-refractivity contribution is 0.401. The summed E-state index contributed by atoms with van der Waals surface area (Å²) in [7, 11) is 1.58. The average Bonchev–Trinajstić information content (AvgIpc) is 2.44. The molecular formula is C7H6BrN3O. The highest BCUT2D eigenvalue weighted by molar-refractivity contribution is 9.10. The third kappa shape index (κ3) is 1.06. The van der Waals surface area contributed by atoms with Gasteiger partial charge in [0.2, 0.25) is 5.88 Å². The van der Waals surface area contributed by atoms with Crippen molar-refractivity contribution in [3.63, 3.8) is 0 Å². The SMILES string of the molecule is COc1ncnc2cc(Br)[nH]c12. The number of hydrogen-bond donors (Lipinski definition) is 1. The van der Waals surface area contributed by atoms with Crippen molar-refractivity contribution in [2.24, 2.45) is 0 Å². The Hall–Kier alpha value is -1.10. The molecule has 0 aliphatic carbocycles. The third-order valence-electron chi connectivity index (χ3n) is 1.54. The van der Waals surface area contributed by atoms with E-state index in [1.54, 1.807) is 7.11 Å². The molecule has 1 N–H and O–H groups in total. The smallest absolute Gasteiger partial charge is 0.241 e. The molecule has 0 fully saturated rings. The monoisotopic (exact) mass is 227 g/mol. The van der Waals surface area contributed by atoms with Crippen LogP contribution in [0.5, 0.6) is 5.88 Å². The first kappa shape index (κ1) is 7.54. The Kier molecular flexibility index (Phi) is 1.73. The van der Waals surface area contributed by atoms with E-state index in [-0.39, 0.29) is 0 Å². The summed E-state index contributed by atoms with van der Waals surface area (Å²) in [5.74, 6) is 0.561. The van der Waals surface area contributed by atoms with Crippen molar-refractivity contribution in [3.05, 3.63) is 17.0 Å². The molecule has 0 amide bonds. The van der Waals surface area contributed by atoms with Gasteiger partial charge in [0.05, 0.1) is 17.2 Å². The molecule has 0 unspecified atom stereocenters. The summed E-state index contributed by atoms with van der Waals surface area (Å²) in [5.41, 5.74) is 1.65. The number of halogens is 1. The van der Waals surface area contributed by atoms with E-state index in [9.17, 15) is 0 Å². The van der Waals surface area contributed by atoms with Crippen LogP contribution in [0.25, 0.3) is 11.0 Å². The zero-order valence-electron chi connectivity index (χ0n) is 6.34. The number of nitrogens with one attached hydrogen (secondary N) is 1. The van der Waals surface area contributed by atoms with Crippen LogP contribution in [0.1, 0.15) is 0 Å². The van der Waals surface area contributed by atoms with Gasteiger partial charge in [0.1, 0.15) is 11.8 Å². The first-order chi connectivity index (χ1) is 5.81. The molecule has 0 bridgehead atoms. The highest BCUT2D eigenvalue weighted by Gasteiger charge is 2.05. The van der Waals surface area contributed by atoms with E-state index < -0.39 is 0 Å². The summed E-state index contributed by atoms with van der Waals surface area (Å²) < 4.78 is 5.91. The molecule has 62 valence electrons. The second kappa shape index (κ2) is 2.75. The summed E-state index contributed by atoms with van der Waals surface area (Å²) >= 11 is 3.31. The predicted octanol–water partition coefficient (Wildman–Crippen LogP) is 1.73. The van der Waals surface area contributed by atoms with Gasteiger partial charge >= 0.3 is 0 Å². The van der Waals surface area contributed by atoms with Gasteiger partial charge in [-0.25, -0.2) is 4.98 Å². The molecule has 0 saturated heterocycles. The molecule has 0 spiro atoms. The molecule has 5 heteroatoms. The quantitative estimate of drug-likeness (QED) is 0.808. The maximum atomic E-state index is 5.04. The van der Waals surface area contributed by atoms with Crippen molar-refractivity contribution in [1.29, 1.82) is 0 Å². The van der Waals surface area contributed by atoms with Gasteiger partial charge in [0, 0.05) is 0 Å². The largest absolute Gasteiger partial charge is 0.479 e. The van der Waals surface area contributed by atoms with E-state index in [0.29, 0.717) is 5.88 Å². The second-order valence-corrected chi connectivity index (χ2v) is 3.11. The van der Waals surface area contributed by atoms with Gasteiger partial charge in [0.25, 0.3) is 0 Å². The molecule has 0 saturated carbocycles. The van der Waals surface area contributed by atoms with Gasteiger partial charge in [-0.15, -0.1) is 0 Å². The van der Waals surface area contributed by atoms with E-state index in [1.807, 2.05) is 6.07 Å². The molecule has 4 nitrogen and oxygen atoms in total. The highest BCUT2D eigenvalue weighted by Crippen LogP contribution is 2.22. The topological polar surface area (TPSA) is 50.8 Å². The van der Waals surface area contributed by atoms with Crippen LogP contribution >= 0.6 is 15.9 Å². The van der Waals surface area contributed by atoms with Gasteiger partial charge in [-0.2, -0.15) is 4.98 Å². The number of nitrogens with zero attached hydrogens (tertiary/aromatic N) is 2. The van der Waals surface area contributed by atoms with Gasteiger partial charge < -0.3 is 9.72 Å². The summed E-state index contributed by atoms with van der Waals surface area (Å²) in [5, 5.41) is 0. The predicted molar refractivity (Wildman–Crippen MR) is 48.1 cm³/mol. The van der Waals surface area contributed by atoms with Crippen molar-refractivity contribution in [1.82, 2.24) is 15.0 Å². The Bertz CT molecular complexity index is 412. The fraction of sp³-hybridized carbons (Fsp3) is 0.143. The Morgan fingerprint density at radius 2 is 2.33 bits per heavy atom. The van der Waals surface area contributed by atoms with Crippen molar-refractivity contribution in [2.45, 2.75) is 0 Å². The van der Waals surface area contributed by atoms with Crippen LogP contribution in [0.4, 0.5) is 0 Å². The minimum atomic E-state index is 0.561. The lowest BCUT2D eigenvalue weighted by Gasteiger charge is -1.97. The first-order valence-electron chi connectivity index (χ1n) is 3.34. The summed E-state index contributed by atoms with van der Waals surface area (Å²) in [6.07, 6.45) is 1.47. The molecule has 0 aliphatic heterocycles. The number of H-pyrrole nitrogens is 1. The second-order valence-electron chi connectivity index (χ2n) is 2.26. The zero-order valence-corrected chi connectivity index (χ0v) is 7.92. The molecule has 0 aromatic carbocycles. The van der Waals surface area contributed by atoms with Crippen LogP contribution in [-0.2, 0) is 0 Å². The number of aromatic amines is 1. The summed E-state index contributed by atoms with van der Waals surface area (Å²) in [6.45, 7) is 0. The molecule has 0 radical (unpaired) electrons. The van der Waals surface area contributed by atoms with Crippen LogP contribution in [0.2, 0.25) is 0 Å². The minimum absolute atomic E-state index is 0.561. The lowest BCUT2D eigenvalue weighted by Crippen LogP contribution is -1.89. The van der Waals surface area contributed by atoms with Gasteiger partial charge in [0.15, 0.2) is 0 Å². The molecule has 12 heavy (non-hydrogen) atoms. The van der Waals surface area contributed by atoms with Crippen LogP contribution in [0.3, 0.4) is 0 Å². The fourth-order valence-electron chi connectivity index (χ4n) is 1.04. The van der Waals surface area contributed by atoms with Crippen molar-refractivity contribution < 1.29 is 4.74 Å². The standard InChI is InChI=1S/C7H6BrN3O/c1-12-7-6-4(9-3-10-7)2-5(8)11-6/h2-3,11H,1H3. The highest BCUT2D eigenvalue weighted by atomic mass is 79.9. The van der Waals surface area contributed by atoms with E-state index >= 15 is 0 Å². The van der Waals surface area contributed by atoms with Gasteiger partial charge in [-0.3, -0.25) is 0 Å². The molecule has 0 atom stereocenters. The van der Waals surface area contributed by atoms with Crippen molar-refractivity contribution in [2.75, 3.05) is 7.11 Å². The number of fused-ring (bicyclic) bond motifs is 1. The van der Waals surface area contributed by atoms with E-state index in [1.165, 1.54) is 6.33 Å². The number of ether oxygens (including phenoxy) is 1. The fourth-order valence-corrected chi connectivity index (χ4v) is 1.45. The first-order valence-corrected chi connectivity index (χ1v) is 4.14. The average molecular weight is 228 g/mol. The normalized spacial score (nSPS) is 10.5. The maximum absolute atomic E-state index is 5.04. The minimum Gasteiger partial charge on any atom is -0.479 e.